The van der Waals surface area contributed by atoms with Crippen LogP contribution in [0.3, 0.4) is 0 Å². The van der Waals surface area contributed by atoms with E-state index in [0.717, 1.165) is 93.9 Å². The fourth-order valence-electron chi connectivity index (χ4n) is 13.9. The molecule has 69 heavy (non-hydrogen) atoms. The molecule has 9 atom stereocenters. The summed E-state index contributed by atoms with van der Waals surface area (Å²) in [4.78, 5) is 28.2. The highest BCUT2D eigenvalue weighted by Gasteiger charge is 2.59. The second kappa shape index (κ2) is 32.2. The van der Waals surface area contributed by atoms with Crippen LogP contribution in [0, 0.1) is 46.3 Å². The van der Waals surface area contributed by atoms with Gasteiger partial charge >= 0.3 is 5.97 Å². The molecule has 1 amide bonds. The van der Waals surface area contributed by atoms with E-state index in [4.69, 9.17) is 18.9 Å². The number of esters is 1. The van der Waals surface area contributed by atoms with Crippen molar-refractivity contribution in [2.24, 2.45) is 46.3 Å². The van der Waals surface area contributed by atoms with Crippen molar-refractivity contribution in [3.63, 3.8) is 0 Å². The fraction of sp³-hybridized carbons (Fsp3) is 0.869. The van der Waals surface area contributed by atoms with Crippen molar-refractivity contribution in [3.05, 3.63) is 36.0 Å². The molecule has 1 aliphatic heterocycles. The van der Waals surface area contributed by atoms with Gasteiger partial charge in [-0.05, 0) is 156 Å². The standard InChI is InChI=1S/C61H106N2O6/c1-7-8-9-10-11-12-13-14-15-16-17-18-19-20-21-25-42-67-48-53(47-63-40-23-22-24-41-63)68-45-44-66-43-39-62-58(64)33-34-59(65)69-52-35-37-60(5)51(46-52)29-30-54-56-32-31-55(50(4)28-26-27-49(2)3)61(56,6)38-36-57(54)60/h11-12,14-15,29,49-50,52-57H,7-10,13,16-28,30-48H2,1-6H3,(H,62,64)/b12-11-,15-14-/t50-,52+,53?,54+,55-,56+,57+,60+,61-/m1/s1. The minimum atomic E-state index is -0.251. The molecule has 4 fully saturated rings. The van der Waals surface area contributed by atoms with Gasteiger partial charge in [0.2, 0.25) is 5.91 Å². The lowest BCUT2D eigenvalue weighted by molar-refractivity contribution is -0.152. The van der Waals surface area contributed by atoms with Crippen LogP contribution in [0.25, 0.3) is 0 Å². The first-order chi connectivity index (χ1) is 33.5. The van der Waals surface area contributed by atoms with Crippen LogP contribution < -0.4 is 5.32 Å². The van der Waals surface area contributed by atoms with E-state index in [9.17, 15) is 9.59 Å². The van der Waals surface area contributed by atoms with Crippen molar-refractivity contribution in [2.75, 3.05) is 59.2 Å². The van der Waals surface area contributed by atoms with E-state index in [1.54, 1.807) is 5.57 Å². The van der Waals surface area contributed by atoms with Crippen LogP contribution in [-0.4, -0.2) is 88.2 Å². The molecular formula is C61H106N2O6. The maximum Gasteiger partial charge on any atom is 0.306 e. The number of nitrogens with one attached hydrogen (secondary N) is 1. The van der Waals surface area contributed by atoms with Crippen LogP contribution in [0.4, 0.5) is 0 Å². The summed E-state index contributed by atoms with van der Waals surface area (Å²) in [6.07, 6.45) is 44.8. The zero-order valence-corrected chi connectivity index (χ0v) is 45.6. The van der Waals surface area contributed by atoms with Gasteiger partial charge in [-0.3, -0.25) is 9.59 Å². The zero-order valence-electron chi connectivity index (χ0n) is 45.6. The number of unbranched alkanes of at least 4 members (excludes halogenated alkanes) is 9. The Balaban J connectivity index is 0.883. The average Bonchev–Trinajstić information content (AvgIpc) is 3.70. The summed E-state index contributed by atoms with van der Waals surface area (Å²) < 4.78 is 24.3. The molecule has 0 aromatic carbocycles. The minimum absolute atomic E-state index is 0.0346. The van der Waals surface area contributed by atoms with Crippen LogP contribution >= 0.6 is 0 Å². The average molecular weight is 964 g/mol. The first kappa shape index (κ1) is 57.9. The van der Waals surface area contributed by atoms with Gasteiger partial charge in [0.25, 0.3) is 0 Å². The smallest absolute Gasteiger partial charge is 0.306 e. The fourth-order valence-corrected chi connectivity index (χ4v) is 13.9. The Morgan fingerprint density at radius 1 is 0.768 bits per heavy atom. The summed E-state index contributed by atoms with van der Waals surface area (Å²) in [6, 6.07) is 0. The summed E-state index contributed by atoms with van der Waals surface area (Å²) >= 11 is 0. The second-order valence-electron chi connectivity index (χ2n) is 23.6. The van der Waals surface area contributed by atoms with Crippen molar-refractivity contribution in [1.29, 1.82) is 0 Å². The lowest BCUT2D eigenvalue weighted by Gasteiger charge is -2.58. The number of ether oxygens (including phenoxy) is 4. The van der Waals surface area contributed by atoms with Crippen molar-refractivity contribution in [2.45, 2.75) is 234 Å². The van der Waals surface area contributed by atoms with E-state index in [1.807, 2.05) is 0 Å². The zero-order chi connectivity index (χ0) is 49.2. The number of carbonyl (C=O) groups is 2. The number of hydrogen-bond acceptors (Lipinski definition) is 7. The number of nitrogens with zero attached hydrogens (tertiary/aromatic N) is 1. The molecule has 0 bridgehead atoms. The summed E-state index contributed by atoms with van der Waals surface area (Å²) in [6.45, 7) is 21.2. The molecule has 1 heterocycles. The van der Waals surface area contributed by atoms with E-state index < -0.39 is 0 Å². The number of carbonyl (C=O) groups excluding carboxylic acids is 2. The Hall–Kier alpha value is -2.00. The number of allylic oxidation sites excluding steroid dienone is 5. The summed E-state index contributed by atoms with van der Waals surface area (Å²) in [7, 11) is 0. The highest BCUT2D eigenvalue weighted by molar-refractivity contribution is 5.81. The van der Waals surface area contributed by atoms with Crippen molar-refractivity contribution >= 4 is 11.9 Å². The third kappa shape index (κ3) is 19.7. The molecule has 8 heteroatoms. The molecular weight excluding hydrogens is 857 g/mol. The van der Waals surface area contributed by atoms with Crippen molar-refractivity contribution < 1.29 is 28.5 Å². The van der Waals surface area contributed by atoms with Crippen LogP contribution in [0.5, 0.6) is 0 Å². The molecule has 8 nitrogen and oxygen atoms in total. The molecule has 5 aliphatic rings. The number of piperidine rings is 1. The van der Waals surface area contributed by atoms with E-state index >= 15 is 0 Å². The number of likely N-dealkylation sites (tertiary alicyclic amines) is 1. The Bertz CT molecular complexity index is 1520. The first-order valence-corrected chi connectivity index (χ1v) is 29.5. The normalized spacial score (nSPS) is 28.1. The largest absolute Gasteiger partial charge is 0.462 e. The van der Waals surface area contributed by atoms with Gasteiger partial charge in [-0.1, -0.05) is 142 Å². The van der Waals surface area contributed by atoms with E-state index in [-0.39, 0.29) is 42.3 Å². The molecule has 5 rings (SSSR count). The maximum absolute atomic E-state index is 13.0. The molecule has 0 spiro atoms. The monoisotopic (exact) mass is 963 g/mol. The first-order valence-electron chi connectivity index (χ1n) is 29.5. The third-order valence-electron chi connectivity index (χ3n) is 18.0. The maximum atomic E-state index is 13.0. The van der Waals surface area contributed by atoms with Crippen LogP contribution in [-0.2, 0) is 28.5 Å². The van der Waals surface area contributed by atoms with Gasteiger partial charge < -0.3 is 29.2 Å². The second-order valence-corrected chi connectivity index (χ2v) is 23.6. The summed E-state index contributed by atoms with van der Waals surface area (Å²) in [5.74, 6) is 4.54. The van der Waals surface area contributed by atoms with Gasteiger partial charge in [0.1, 0.15) is 6.10 Å². The van der Waals surface area contributed by atoms with Gasteiger partial charge in [-0.25, -0.2) is 0 Å². The highest BCUT2D eigenvalue weighted by atomic mass is 16.6. The van der Waals surface area contributed by atoms with Gasteiger partial charge in [0.05, 0.1) is 39.0 Å². The number of fused-ring (bicyclic) bond motifs is 5. The quantitative estimate of drug-likeness (QED) is 0.0385. The van der Waals surface area contributed by atoms with Crippen LogP contribution in [0.15, 0.2) is 36.0 Å². The van der Waals surface area contributed by atoms with E-state index in [2.05, 4.69) is 82.1 Å². The molecule has 3 saturated carbocycles. The predicted molar refractivity (Wildman–Crippen MR) is 286 cm³/mol. The van der Waals surface area contributed by atoms with Gasteiger partial charge in [-0.15, -0.1) is 0 Å². The number of amides is 1. The topological polar surface area (TPSA) is 86.3 Å². The molecule has 396 valence electrons. The molecule has 1 N–H and O–H groups in total. The number of rotatable bonds is 35. The Morgan fingerprint density at radius 3 is 2.29 bits per heavy atom. The summed E-state index contributed by atoms with van der Waals surface area (Å²) in [5, 5.41) is 2.93. The molecule has 1 saturated heterocycles. The Kier molecular flexibility index (Phi) is 27.1. The predicted octanol–water partition coefficient (Wildman–Crippen LogP) is 14.6. The van der Waals surface area contributed by atoms with Gasteiger partial charge in [0.15, 0.2) is 0 Å². The molecule has 0 aromatic heterocycles. The molecule has 1 unspecified atom stereocenters. The SMILES string of the molecule is CCCCC/C=C\C/C=C\CCCCCCCCOCC(CN1CCCCC1)OCCOCCNC(=O)CCC(=O)O[C@H]1CC[C@@]2(C)C(=CC[C@H]3[C@@H]4CC[C@H]([C@H](C)CCCC(C)C)[C@@]4(C)CC[C@@H]32)C1. The van der Waals surface area contributed by atoms with Crippen LogP contribution in [0.2, 0.25) is 0 Å². The Labute approximate surface area is 424 Å². The third-order valence-corrected chi connectivity index (χ3v) is 18.0. The highest BCUT2D eigenvalue weighted by Crippen LogP contribution is 2.67. The molecule has 0 radical (unpaired) electrons. The van der Waals surface area contributed by atoms with Gasteiger partial charge in [-0.2, -0.15) is 0 Å². The number of hydrogen-bond donors (Lipinski definition) is 1. The summed E-state index contributed by atoms with van der Waals surface area (Å²) in [5.41, 5.74) is 2.27. The van der Waals surface area contributed by atoms with Crippen molar-refractivity contribution in [1.82, 2.24) is 10.2 Å². The van der Waals surface area contributed by atoms with E-state index in [0.29, 0.717) is 38.4 Å². The van der Waals surface area contributed by atoms with Gasteiger partial charge in [0, 0.05) is 32.5 Å². The lowest BCUT2D eigenvalue weighted by Crippen LogP contribution is -2.51. The van der Waals surface area contributed by atoms with Crippen molar-refractivity contribution in [3.8, 4) is 0 Å². The Morgan fingerprint density at radius 2 is 1.52 bits per heavy atom. The van der Waals surface area contributed by atoms with Crippen LogP contribution in [0.1, 0.15) is 221 Å². The van der Waals surface area contributed by atoms with E-state index in [1.165, 1.54) is 135 Å². The lowest BCUT2D eigenvalue weighted by atomic mass is 9.47. The molecule has 4 aliphatic carbocycles. The molecule has 0 aromatic rings. The minimum Gasteiger partial charge on any atom is -0.462 e.